The fraction of sp³-hybridized carbons (Fsp3) is 1.00. The van der Waals surface area contributed by atoms with Gasteiger partial charge in [0, 0.05) is 6.42 Å². The van der Waals surface area contributed by atoms with Gasteiger partial charge in [0.1, 0.15) is 0 Å². The predicted octanol–water partition coefficient (Wildman–Crippen LogP) is 0.111. The smallest absolute Gasteiger partial charge is 0.155 e. The van der Waals surface area contributed by atoms with Gasteiger partial charge < -0.3 is 14.9 Å². The maximum atomic E-state index is 9.33. The standard InChI is InChI=1S/C7H14O3/c1-4-3-6(8)10-5(2)7(4)9/h4-9H,3H2,1-2H3/t4?,5?,6-,7-/m0/s1. The number of rotatable bonds is 0. The van der Waals surface area contributed by atoms with Gasteiger partial charge in [0.15, 0.2) is 6.29 Å². The molecule has 0 aliphatic carbocycles. The summed E-state index contributed by atoms with van der Waals surface area (Å²) in [6, 6.07) is 0. The zero-order valence-corrected chi connectivity index (χ0v) is 6.32. The summed E-state index contributed by atoms with van der Waals surface area (Å²) in [7, 11) is 0. The minimum Gasteiger partial charge on any atom is -0.390 e. The van der Waals surface area contributed by atoms with E-state index < -0.39 is 12.4 Å². The molecule has 0 bridgehead atoms. The Balaban J connectivity index is 2.49. The Morgan fingerprint density at radius 3 is 2.40 bits per heavy atom. The molecule has 10 heavy (non-hydrogen) atoms. The minimum atomic E-state index is -0.687. The van der Waals surface area contributed by atoms with Crippen LogP contribution in [0.5, 0.6) is 0 Å². The van der Waals surface area contributed by atoms with Crippen LogP contribution in [-0.2, 0) is 4.74 Å². The highest BCUT2D eigenvalue weighted by molar-refractivity contribution is 4.76. The molecule has 3 heteroatoms. The third kappa shape index (κ3) is 1.48. The molecule has 1 fully saturated rings. The molecule has 4 atom stereocenters. The molecular formula is C7H14O3. The third-order valence-corrected chi connectivity index (χ3v) is 2.01. The maximum absolute atomic E-state index is 9.33. The third-order valence-electron chi connectivity index (χ3n) is 2.01. The lowest BCUT2D eigenvalue weighted by Crippen LogP contribution is -2.42. The lowest BCUT2D eigenvalue weighted by molar-refractivity contribution is -0.209. The first-order chi connectivity index (χ1) is 4.61. The summed E-state index contributed by atoms with van der Waals surface area (Å²) in [5.74, 6) is 0.138. The highest BCUT2D eigenvalue weighted by Crippen LogP contribution is 2.23. The van der Waals surface area contributed by atoms with Crippen LogP contribution in [0.1, 0.15) is 20.3 Å². The molecule has 3 nitrogen and oxygen atoms in total. The van der Waals surface area contributed by atoms with Crippen molar-refractivity contribution >= 4 is 0 Å². The van der Waals surface area contributed by atoms with E-state index in [9.17, 15) is 5.11 Å². The number of aliphatic hydroxyl groups is 2. The second-order valence-electron chi connectivity index (χ2n) is 3.00. The van der Waals surface area contributed by atoms with Gasteiger partial charge in [0.05, 0.1) is 12.2 Å². The number of ether oxygens (including phenoxy) is 1. The lowest BCUT2D eigenvalue weighted by atomic mass is 9.94. The van der Waals surface area contributed by atoms with E-state index in [4.69, 9.17) is 9.84 Å². The molecule has 0 aromatic carbocycles. The molecule has 0 amide bonds. The fourth-order valence-electron chi connectivity index (χ4n) is 1.30. The van der Waals surface area contributed by atoms with E-state index in [0.717, 1.165) is 0 Å². The van der Waals surface area contributed by atoms with Gasteiger partial charge >= 0.3 is 0 Å². The summed E-state index contributed by atoms with van der Waals surface area (Å²) in [6.07, 6.45) is -0.818. The Hall–Kier alpha value is -0.120. The molecule has 1 saturated heterocycles. The van der Waals surface area contributed by atoms with Gasteiger partial charge in [0.25, 0.3) is 0 Å². The fourth-order valence-corrected chi connectivity index (χ4v) is 1.30. The number of hydrogen-bond donors (Lipinski definition) is 2. The molecule has 1 heterocycles. The Morgan fingerprint density at radius 1 is 1.30 bits per heavy atom. The first-order valence-corrected chi connectivity index (χ1v) is 3.63. The molecule has 2 N–H and O–H groups in total. The van der Waals surface area contributed by atoms with Gasteiger partial charge in [-0.1, -0.05) is 6.92 Å². The van der Waals surface area contributed by atoms with E-state index >= 15 is 0 Å². The van der Waals surface area contributed by atoms with Gasteiger partial charge in [-0.2, -0.15) is 0 Å². The van der Waals surface area contributed by atoms with Crippen LogP contribution in [0, 0.1) is 5.92 Å². The summed E-state index contributed by atoms with van der Waals surface area (Å²) in [4.78, 5) is 0. The van der Waals surface area contributed by atoms with Crippen molar-refractivity contribution in [3.8, 4) is 0 Å². The Kier molecular flexibility index (Phi) is 2.28. The monoisotopic (exact) mass is 146 g/mol. The molecule has 0 spiro atoms. The van der Waals surface area contributed by atoms with Crippen LogP contribution in [0.3, 0.4) is 0 Å². The highest BCUT2D eigenvalue weighted by Gasteiger charge is 2.30. The van der Waals surface area contributed by atoms with Crippen molar-refractivity contribution < 1.29 is 14.9 Å². The van der Waals surface area contributed by atoms with Gasteiger partial charge in [-0.25, -0.2) is 0 Å². The zero-order valence-electron chi connectivity index (χ0n) is 6.32. The predicted molar refractivity (Wildman–Crippen MR) is 36.3 cm³/mol. The first-order valence-electron chi connectivity index (χ1n) is 3.63. The molecule has 1 aliphatic rings. The molecule has 1 rings (SSSR count). The van der Waals surface area contributed by atoms with Crippen LogP contribution in [0.2, 0.25) is 0 Å². The van der Waals surface area contributed by atoms with Gasteiger partial charge in [-0.15, -0.1) is 0 Å². The van der Waals surface area contributed by atoms with Gasteiger partial charge in [-0.05, 0) is 12.8 Å². The molecule has 60 valence electrons. The van der Waals surface area contributed by atoms with Crippen molar-refractivity contribution in [2.75, 3.05) is 0 Å². The first kappa shape index (κ1) is 7.98. The number of aliphatic hydroxyl groups excluding tert-OH is 2. The average molecular weight is 146 g/mol. The van der Waals surface area contributed by atoms with E-state index in [2.05, 4.69) is 0 Å². The summed E-state index contributed by atoms with van der Waals surface area (Å²) in [5.41, 5.74) is 0. The molecule has 0 saturated carbocycles. The summed E-state index contributed by atoms with van der Waals surface area (Å²) in [6.45, 7) is 3.68. The number of hydrogen-bond acceptors (Lipinski definition) is 3. The van der Waals surface area contributed by atoms with Gasteiger partial charge in [0.2, 0.25) is 0 Å². The quantitative estimate of drug-likeness (QED) is 0.510. The van der Waals surface area contributed by atoms with Crippen LogP contribution in [0.25, 0.3) is 0 Å². The Bertz CT molecular complexity index is 103. The van der Waals surface area contributed by atoms with Crippen molar-refractivity contribution in [2.45, 2.75) is 38.8 Å². The lowest BCUT2D eigenvalue weighted by Gasteiger charge is -2.33. The molecule has 1 aliphatic heterocycles. The van der Waals surface area contributed by atoms with Crippen LogP contribution in [-0.4, -0.2) is 28.7 Å². The van der Waals surface area contributed by atoms with E-state index in [1.54, 1.807) is 6.92 Å². The van der Waals surface area contributed by atoms with E-state index in [1.807, 2.05) is 6.92 Å². The summed E-state index contributed by atoms with van der Waals surface area (Å²) < 4.78 is 4.97. The molecule has 0 aromatic rings. The minimum absolute atomic E-state index is 0.138. The normalized spacial score (nSPS) is 49.2. The van der Waals surface area contributed by atoms with Crippen LogP contribution in [0.15, 0.2) is 0 Å². The largest absolute Gasteiger partial charge is 0.390 e. The Morgan fingerprint density at radius 2 is 1.90 bits per heavy atom. The SMILES string of the molecule is CC1C[C@@H](O)OC(C)[C@H]1O. The second-order valence-corrected chi connectivity index (χ2v) is 3.00. The molecular weight excluding hydrogens is 132 g/mol. The average Bonchev–Trinajstić information content (AvgIpc) is 1.82. The van der Waals surface area contributed by atoms with Crippen LogP contribution < -0.4 is 0 Å². The van der Waals surface area contributed by atoms with E-state index in [-0.39, 0.29) is 12.0 Å². The van der Waals surface area contributed by atoms with Crippen molar-refractivity contribution in [1.29, 1.82) is 0 Å². The van der Waals surface area contributed by atoms with Crippen molar-refractivity contribution in [3.63, 3.8) is 0 Å². The summed E-state index contributed by atoms with van der Waals surface area (Å²) in [5, 5.41) is 18.4. The second kappa shape index (κ2) is 2.86. The maximum Gasteiger partial charge on any atom is 0.155 e. The van der Waals surface area contributed by atoms with Crippen molar-refractivity contribution in [2.24, 2.45) is 5.92 Å². The topological polar surface area (TPSA) is 49.7 Å². The van der Waals surface area contributed by atoms with Crippen molar-refractivity contribution in [3.05, 3.63) is 0 Å². The van der Waals surface area contributed by atoms with Crippen LogP contribution in [0.4, 0.5) is 0 Å². The Labute approximate surface area is 60.6 Å². The zero-order chi connectivity index (χ0) is 7.72. The van der Waals surface area contributed by atoms with E-state index in [1.165, 1.54) is 0 Å². The molecule has 0 radical (unpaired) electrons. The highest BCUT2D eigenvalue weighted by atomic mass is 16.6. The van der Waals surface area contributed by atoms with E-state index in [0.29, 0.717) is 6.42 Å². The molecule has 0 aromatic heterocycles. The van der Waals surface area contributed by atoms with Gasteiger partial charge in [-0.3, -0.25) is 0 Å². The van der Waals surface area contributed by atoms with Crippen molar-refractivity contribution in [1.82, 2.24) is 0 Å². The van der Waals surface area contributed by atoms with Crippen LogP contribution >= 0.6 is 0 Å². The molecule has 2 unspecified atom stereocenters. The summed E-state index contributed by atoms with van der Waals surface area (Å²) >= 11 is 0.